The molecule has 7 nitrogen and oxygen atoms in total. The maximum atomic E-state index is 13.3. The second-order valence-electron chi connectivity index (χ2n) is 8.24. The fourth-order valence-electron chi connectivity index (χ4n) is 4.43. The minimum atomic E-state index is -0.286. The zero-order valence-corrected chi connectivity index (χ0v) is 20.4. The molecule has 0 N–H and O–H groups in total. The molecule has 5 rings (SSSR count). The Morgan fingerprint density at radius 3 is 2.76 bits per heavy atom. The molecule has 176 valence electrons. The fourth-order valence-corrected chi connectivity index (χ4v) is 4.90. The van der Waals surface area contributed by atoms with E-state index in [1.807, 2.05) is 48.9 Å². The second kappa shape index (κ2) is 9.84. The van der Waals surface area contributed by atoms with Crippen molar-refractivity contribution >= 4 is 41.1 Å². The normalized spacial score (nSPS) is 15.1. The van der Waals surface area contributed by atoms with E-state index in [4.69, 9.17) is 21.1 Å². The van der Waals surface area contributed by atoms with Gasteiger partial charge in [-0.05, 0) is 35.4 Å². The third-order valence-corrected chi connectivity index (χ3v) is 6.68. The zero-order valence-electron chi connectivity index (χ0n) is 18.7. The number of pyridine rings is 2. The minimum absolute atomic E-state index is 0.128. The lowest BCUT2D eigenvalue weighted by Gasteiger charge is -2.28. The maximum Gasteiger partial charge on any atom is 0.251 e. The van der Waals surface area contributed by atoms with E-state index in [9.17, 15) is 4.79 Å². The molecule has 34 heavy (non-hydrogen) atoms. The number of aromatic nitrogens is 3. The van der Waals surface area contributed by atoms with Crippen LogP contribution < -0.4 is 10.5 Å². The summed E-state index contributed by atoms with van der Waals surface area (Å²) in [6, 6.07) is 12.9. The summed E-state index contributed by atoms with van der Waals surface area (Å²) in [5, 5.41) is 1.56. The van der Waals surface area contributed by atoms with Crippen LogP contribution in [-0.2, 0) is 9.47 Å². The Balaban J connectivity index is 1.55. The molecule has 1 aromatic carbocycles. The van der Waals surface area contributed by atoms with Gasteiger partial charge in [0, 0.05) is 54.6 Å². The number of halogens is 1. The van der Waals surface area contributed by atoms with Gasteiger partial charge in [-0.25, -0.2) is 4.98 Å². The van der Waals surface area contributed by atoms with E-state index in [0.717, 1.165) is 46.5 Å². The molecule has 1 aliphatic heterocycles. The van der Waals surface area contributed by atoms with Crippen LogP contribution in [0.5, 0.6) is 0 Å². The summed E-state index contributed by atoms with van der Waals surface area (Å²) in [7, 11) is 1.62. The molecule has 0 radical (unpaired) electrons. The molecule has 0 aliphatic carbocycles. The molecule has 4 heterocycles. The summed E-state index contributed by atoms with van der Waals surface area (Å²) in [5.41, 5.74) is 4.28. The van der Waals surface area contributed by atoms with Crippen LogP contribution in [0.2, 0.25) is 5.02 Å². The Bertz CT molecular complexity index is 1380. The molecule has 0 bridgehead atoms. The summed E-state index contributed by atoms with van der Waals surface area (Å²) in [4.78, 5) is 20.1. The van der Waals surface area contributed by atoms with E-state index in [-0.39, 0.29) is 11.6 Å². The van der Waals surface area contributed by atoms with Crippen molar-refractivity contribution in [3.8, 4) is 11.1 Å². The van der Waals surface area contributed by atoms with Crippen molar-refractivity contribution in [1.82, 2.24) is 13.5 Å². The van der Waals surface area contributed by atoms with Gasteiger partial charge in [-0.1, -0.05) is 36.5 Å². The highest BCUT2D eigenvalue weighted by Crippen LogP contribution is 2.33. The van der Waals surface area contributed by atoms with Gasteiger partial charge >= 0.3 is 0 Å². The Morgan fingerprint density at radius 2 is 2.03 bits per heavy atom. The molecular formula is C25H25ClN4O3S. The zero-order chi connectivity index (χ0) is 23.7. The third kappa shape index (κ3) is 4.46. The molecule has 3 aromatic heterocycles. The number of nitrogens with zero attached hydrogens (tertiary/aromatic N) is 4. The van der Waals surface area contributed by atoms with Gasteiger partial charge in [0.25, 0.3) is 5.56 Å². The monoisotopic (exact) mass is 496 g/mol. The lowest BCUT2D eigenvalue weighted by molar-refractivity contribution is 0.122. The number of ether oxygens (including phenoxy) is 2. The predicted molar refractivity (Wildman–Crippen MR) is 138 cm³/mol. The quantitative estimate of drug-likeness (QED) is 0.404. The molecule has 1 atom stereocenters. The first-order valence-electron chi connectivity index (χ1n) is 11.0. The van der Waals surface area contributed by atoms with Crippen LogP contribution in [0.3, 0.4) is 0 Å². The third-order valence-electron chi connectivity index (χ3n) is 6.14. The van der Waals surface area contributed by atoms with Crippen LogP contribution in [0, 0.1) is 0 Å². The van der Waals surface area contributed by atoms with Gasteiger partial charge in [0.1, 0.15) is 0 Å². The average molecular weight is 497 g/mol. The number of benzene rings is 1. The Kier molecular flexibility index (Phi) is 6.65. The molecule has 1 saturated heterocycles. The smallest absolute Gasteiger partial charge is 0.251 e. The Labute approximate surface area is 208 Å². The van der Waals surface area contributed by atoms with Gasteiger partial charge in [0.05, 0.1) is 37.7 Å². The van der Waals surface area contributed by atoms with E-state index in [1.165, 1.54) is 0 Å². The highest BCUT2D eigenvalue weighted by molar-refractivity contribution is 7.78. The number of hydrogen-bond acceptors (Lipinski definition) is 6. The summed E-state index contributed by atoms with van der Waals surface area (Å²) in [5.74, 6) is 0. The van der Waals surface area contributed by atoms with Crippen molar-refractivity contribution < 1.29 is 9.47 Å². The lowest BCUT2D eigenvalue weighted by atomic mass is 10.0. The fraction of sp³-hybridized carbons (Fsp3) is 0.280. The lowest BCUT2D eigenvalue weighted by Crippen LogP contribution is -2.36. The molecule has 1 fully saturated rings. The van der Waals surface area contributed by atoms with Crippen LogP contribution in [-0.4, -0.2) is 53.5 Å². The van der Waals surface area contributed by atoms with Gasteiger partial charge in [-0.2, -0.15) is 0 Å². The van der Waals surface area contributed by atoms with E-state index in [0.29, 0.717) is 24.8 Å². The molecule has 4 aromatic rings. The van der Waals surface area contributed by atoms with Crippen molar-refractivity contribution in [1.29, 1.82) is 0 Å². The number of hydrogen-bond donors (Lipinski definition) is 1. The van der Waals surface area contributed by atoms with Gasteiger partial charge in [0.2, 0.25) is 0 Å². The molecule has 0 saturated carbocycles. The van der Waals surface area contributed by atoms with Gasteiger partial charge < -0.3 is 18.9 Å². The summed E-state index contributed by atoms with van der Waals surface area (Å²) >= 11 is 10.7. The second-order valence-corrected chi connectivity index (χ2v) is 9.11. The number of morpholine rings is 1. The first-order valence-corrected chi connectivity index (χ1v) is 11.8. The molecular weight excluding hydrogens is 472 g/mol. The summed E-state index contributed by atoms with van der Waals surface area (Å²) in [6.07, 6.45) is 5.57. The average Bonchev–Trinajstić information content (AvgIpc) is 3.19. The van der Waals surface area contributed by atoms with E-state index < -0.39 is 0 Å². The number of rotatable bonds is 6. The van der Waals surface area contributed by atoms with Crippen LogP contribution in [0.25, 0.3) is 22.2 Å². The molecule has 0 amide bonds. The topological polar surface area (TPSA) is 61.5 Å². The van der Waals surface area contributed by atoms with Crippen LogP contribution in [0.15, 0.2) is 65.8 Å². The number of methoxy groups -OCH3 is 1. The van der Waals surface area contributed by atoms with Gasteiger partial charge in [0.15, 0.2) is 5.65 Å². The van der Waals surface area contributed by atoms with Gasteiger partial charge in [-0.15, -0.1) is 0 Å². The largest absolute Gasteiger partial charge is 0.382 e. The number of anilines is 1. The Morgan fingerprint density at radius 1 is 1.21 bits per heavy atom. The van der Waals surface area contributed by atoms with Crippen molar-refractivity contribution in [2.24, 2.45) is 0 Å². The molecule has 0 spiro atoms. The highest BCUT2D eigenvalue weighted by Gasteiger charge is 2.19. The number of thiol groups is 1. The summed E-state index contributed by atoms with van der Waals surface area (Å²) < 4.78 is 14.3. The molecule has 1 aliphatic rings. The predicted octanol–water partition coefficient (Wildman–Crippen LogP) is 4.28. The van der Waals surface area contributed by atoms with Gasteiger partial charge in [-0.3, -0.25) is 8.77 Å². The maximum absolute atomic E-state index is 13.3. The van der Waals surface area contributed by atoms with Crippen LogP contribution in [0.4, 0.5) is 5.69 Å². The van der Waals surface area contributed by atoms with Crippen LogP contribution in [0.1, 0.15) is 11.6 Å². The van der Waals surface area contributed by atoms with E-state index >= 15 is 0 Å². The first kappa shape index (κ1) is 23.0. The van der Waals surface area contributed by atoms with Crippen molar-refractivity contribution in [2.45, 2.75) is 6.04 Å². The molecule has 1 unspecified atom stereocenters. The SMILES string of the molecule is COCC(c1cccc(Cl)c1)n1ccc(-c2cn(S)c3ncc(N4CCOCC4)cc23)cc1=O. The van der Waals surface area contributed by atoms with E-state index in [2.05, 4.69) is 28.8 Å². The minimum Gasteiger partial charge on any atom is -0.382 e. The highest BCUT2D eigenvalue weighted by atomic mass is 35.5. The molecule has 9 heteroatoms. The van der Waals surface area contributed by atoms with Crippen molar-refractivity contribution in [3.63, 3.8) is 0 Å². The van der Waals surface area contributed by atoms with Crippen LogP contribution >= 0.6 is 24.4 Å². The van der Waals surface area contributed by atoms with Crippen molar-refractivity contribution in [2.75, 3.05) is 44.9 Å². The standard InChI is InChI=1S/C25H25ClN4O3S/c1-32-16-23(18-3-2-4-19(26)11-18)29-6-5-17(12-24(29)31)22-15-30(34)25-21(22)13-20(14-27-25)28-7-9-33-10-8-28/h2-6,11-15,23,34H,7-10,16H2,1H3. The Hall–Kier alpha value is -2.78. The number of fused-ring (bicyclic) bond motifs is 1. The summed E-state index contributed by atoms with van der Waals surface area (Å²) in [6.45, 7) is 3.40. The first-order chi connectivity index (χ1) is 16.5. The van der Waals surface area contributed by atoms with Crippen molar-refractivity contribution in [3.05, 3.63) is 82.0 Å². The van der Waals surface area contributed by atoms with E-state index in [1.54, 1.807) is 21.7 Å².